The van der Waals surface area contributed by atoms with E-state index in [9.17, 15) is 21.6 Å². The molecular formula is C33H49F3N8O2S. The molecule has 47 heavy (non-hydrogen) atoms. The van der Waals surface area contributed by atoms with Crippen molar-refractivity contribution in [2.45, 2.75) is 76.4 Å². The minimum absolute atomic E-state index is 0.0603. The summed E-state index contributed by atoms with van der Waals surface area (Å²) in [4.78, 5) is 13.2. The number of nitrogens with one attached hydrogen (secondary N) is 3. The second-order valence-corrected chi connectivity index (χ2v) is 14.8. The summed E-state index contributed by atoms with van der Waals surface area (Å²) in [7, 11) is -1.36. The standard InChI is InChI=1S/C33H49F3N8O2S/c1-4-16-43(27-12-19-42(3)20-13-27)21-11-24(2)26-9-10-30(28(22-26)25-7-8-25)40-32-38-23-29(33(34,35)36)31(41-32)37-14-5-17-44-18-6-15-39-47(44,45)46/h9-10,22-23,25,27,39H,2,4-8,11-21H2,1,3H3,(H2,37,38,40,41). The van der Waals surface area contributed by atoms with Crippen molar-refractivity contribution >= 4 is 33.2 Å². The molecule has 1 aliphatic carbocycles. The fourth-order valence-electron chi connectivity index (χ4n) is 6.44. The molecule has 1 saturated carbocycles. The Bertz CT molecular complexity index is 1480. The average molecular weight is 679 g/mol. The Labute approximate surface area is 277 Å². The van der Waals surface area contributed by atoms with Crippen molar-refractivity contribution in [3.8, 4) is 0 Å². The zero-order valence-corrected chi connectivity index (χ0v) is 28.4. The molecule has 5 rings (SSSR count). The van der Waals surface area contributed by atoms with Crippen LogP contribution in [0.15, 0.2) is 31.0 Å². The molecule has 0 bridgehead atoms. The molecule has 14 heteroatoms. The van der Waals surface area contributed by atoms with Crippen LogP contribution in [0.2, 0.25) is 0 Å². The predicted molar refractivity (Wildman–Crippen MR) is 181 cm³/mol. The van der Waals surface area contributed by atoms with Crippen LogP contribution in [0.5, 0.6) is 0 Å². The quantitative estimate of drug-likeness (QED) is 0.207. The lowest BCUT2D eigenvalue weighted by Crippen LogP contribution is -2.47. The van der Waals surface area contributed by atoms with Gasteiger partial charge < -0.3 is 15.5 Å². The highest BCUT2D eigenvalue weighted by Crippen LogP contribution is 2.45. The van der Waals surface area contributed by atoms with Gasteiger partial charge >= 0.3 is 6.18 Å². The summed E-state index contributed by atoms with van der Waals surface area (Å²) in [6.07, 6.45) is 3.62. The van der Waals surface area contributed by atoms with Gasteiger partial charge in [-0.2, -0.15) is 30.9 Å². The first kappa shape index (κ1) is 35.5. The summed E-state index contributed by atoms with van der Waals surface area (Å²) in [6.45, 7) is 12.1. The molecule has 3 N–H and O–H groups in total. The molecule has 1 aromatic carbocycles. The summed E-state index contributed by atoms with van der Waals surface area (Å²) in [5.74, 6) is 0.0904. The molecule has 0 amide bonds. The number of hydrogen-bond donors (Lipinski definition) is 3. The van der Waals surface area contributed by atoms with Crippen molar-refractivity contribution in [3.63, 3.8) is 0 Å². The third-order valence-electron chi connectivity index (χ3n) is 9.32. The maximum atomic E-state index is 13.8. The lowest BCUT2D eigenvalue weighted by molar-refractivity contribution is -0.137. The molecule has 2 aliphatic heterocycles. The number of likely N-dealkylation sites (tertiary alicyclic amines) is 1. The minimum Gasteiger partial charge on any atom is -0.369 e. The second-order valence-electron chi connectivity index (χ2n) is 13.0. The molecule has 1 aromatic heterocycles. The molecule has 3 aliphatic rings. The third-order valence-corrected chi connectivity index (χ3v) is 10.9. The number of piperidine rings is 1. The van der Waals surface area contributed by atoms with Gasteiger partial charge in [0.2, 0.25) is 5.95 Å². The lowest BCUT2D eigenvalue weighted by Gasteiger charge is -2.37. The van der Waals surface area contributed by atoms with Crippen molar-refractivity contribution in [1.29, 1.82) is 0 Å². The molecule has 2 saturated heterocycles. The fourth-order valence-corrected chi connectivity index (χ4v) is 7.77. The Hall–Kier alpha value is -2.78. The molecule has 260 valence electrons. The van der Waals surface area contributed by atoms with Gasteiger partial charge in [0.15, 0.2) is 0 Å². The van der Waals surface area contributed by atoms with Crippen LogP contribution in [0.25, 0.3) is 5.57 Å². The van der Waals surface area contributed by atoms with Crippen molar-refractivity contribution in [3.05, 3.63) is 47.7 Å². The van der Waals surface area contributed by atoms with Crippen LogP contribution in [-0.4, -0.2) is 97.9 Å². The van der Waals surface area contributed by atoms with Crippen molar-refractivity contribution in [2.75, 3.05) is 70.0 Å². The first-order valence-corrected chi connectivity index (χ1v) is 18.3. The van der Waals surface area contributed by atoms with Crippen molar-refractivity contribution in [2.24, 2.45) is 0 Å². The summed E-state index contributed by atoms with van der Waals surface area (Å²) >= 11 is 0. The van der Waals surface area contributed by atoms with E-state index in [4.69, 9.17) is 0 Å². The van der Waals surface area contributed by atoms with Gasteiger partial charge in [-0.1, -0.05) is 19.6 Å². The molecule has 3 heterocycles. The number of halogens is 3. The number of anilines is 3. The minimum atomic E-state index is -4.65. The summed E-state index contributed by atoms with van der Waals surface area (Å²) < 4.78 is 69.6. The summed E-state index contributed by atoms with van der Waals surface area (Å²) in [5.41, 5.74) is 3.06. The van der Waals surface area contributed by atoms with E-state index in [0.717, 1.165) is 80.4 Å². The molecule has 10 nitrogen and oxygen atoms in total. The molecule has 2 aromatic rings. The molecule has 3 fully saturated rings. The number of alkyl halides is 3. The molecular weight excluding hydrogens is 629 g/mol. The van der Waals surface area contributed by atoms with Gasteiger partial charge in [-0.05, 0) is 113 Å². The zero-order valence-electron chi connectivity index (χ0n) is 27.6. The average Bonchev–Trinajstić information content (AvgIpc) is 3.88. The van der Waals surface area contributed by atoms with Gasteiger partial charge in [0.25, 0.3) is 10.2 Å². The van der Waals surface area contributed by atoms with E-state index in [1.165, 1.54) is 17.1 Å². The van der Waals surface area contributed by atoms with Gasteiger partial charge in [0.05, 0.1) is 0 Å². The lowest BCUT2D eigenvalue weighted by atomic mass is 9.97. The normalized spacial score (nSPS) is 19.6. The topological polar surface area (TPSA) is 106 Å². The van der Waals surface area contributed by atoms with E-state index in [-0.39, 0.29) is 24.9 Å². The van der Waals surface area contributed by atoms with E-state index < -0.39 is 21.9 Å². The Balaban J connectivity index is 1.24. The zero-order chi connectivity index (χ0) is 33.6. The van der Waals surface area contributed by atoms with Crippen LogP contribution >= 0.6 is 0 Å². The Morgan fingerprint density at radius 3 is 2.60 bits per heavy atom. The van der Waals surface area contributed by atoms with E-state index in [0.29, 0.717) is 37.9 Å². The van der Waals surface area contributed by atoms with Crippen molar-refractivity contribution in [1.82, 2.24) is 28.8 Å². The van der Waals surface area contributed by atoms with E-state index in [1.807, 2.05) is 12.1 Å². The highest BCUT2D eigenvalue weighted by Gasteiger charge is 2.36. The Morgan fingerprint density at radius 2 is 1.91 bits per heavy atom. The van der Waals surface area contributed by atoms with E-state index >= 15 is 0 Å². The van der Waals surface area contributed by atoms with Crippen LogP contribution in [-0.2, 0) is 16.4 Å². The highest BCUT2D eigenvalue weighted by molar-refractivity contribution is 7.87. The fraction of sp³-hybridized carbons (Fsp3) is 0.636. The van der Waals surface area contributed by atoms with Gasteiger partial charge in [-0.15, -0.1) is 0 Å². The third kappa shape index (κ3) is 9.65. The van der Waals surface area contributed by atoms with Gasteiger partial charge in [0.1, 0.15) is 11.4 Å². The van der Waals surface area contributed by atoms with E-state index in [1.54, 1.807) is 0 Å². The molecule has 0 radical (unpaired) electrons. The molecule has 0 spiro atoms. The van der Waals surface area contributed by atoms with Crippen molar-refractivity contribution < 1.29 is 21.6 Å². The van der Waals surface area contributed by atoms with Crippen LogP contribution in [0, 0.1) is 0 Å². The van der Waals surface area contributed by atoms with Crippen LogP contribution < -0.4 is 15.4 Å². The number of hydrogen-bond acceptors (Lipinski definition) is 8. The summed E-state index contributed by atoms with van der Waals surface area (Å²) in [5, 5.41) is 5.95. The Kier molecular flexibility index (Phi) is 11.8. The van der Waals surface area contributed by atoms with Gasteiger partial charge in [-0.3, -0.25) is 4.90 Å². The number of nitrogens with zero attached hydrogens (tertiary/aromatic N) is 5. The maximum Gasteiger partial charge on any atom is 0.421 e. The van der Waals surface area contributed by atoms with Crippen LogP contribution in [0.3, 0.4) is 0 Å². The number of aromatic nitrogens is 2. The number of rotatable bonds is 15. The summed E-state index contributed by atoms with van der Waals surface area (Å²) in [6, 6.07) is 6.74. The largest absolute Gasteiger partial charge is 0.421 e. The highest BCUT2D eigenvalue weighted by atomic mass is 32.2. The molecule has 0 atom stereocenters. The van der Waals surface area contributed by atoms with Crippen LogP contribution in [0.4, 0.5) is 30.6 Å². The predicted octanol–water partition coefficient (Wildman–Crippen LogP) is 5.67. The smallest absolute Gasteiger partial charge is 0.369 e. The maximum absolute atomic E-state index is 13.8. The monoisotopic (exact) mass is 678 g/mol. The van der Waals surface area contributed by atoms with Gasteiger partial charge in [0, 0.05) is 50.6 Å². The van der Waals surface area contributed by atoms with Crippen LogP contribution in [0.1, 0.15) is 80.9 Å². The second kappa shape index (κ2) is 15.6. The Morgan fingerprint density at radius 1 is 1.15 bits per heavy atom. The number of benzene rings is 1. The SMILES string of the molecule is C=C(CCN(CCC)C1CCN(C)CC1)c1ccc(Nc2ncc(C(F)(F)F)c(NCCCN3CCCNS3(=O)=O)n2)c(C2CC2)c1. The first-order chi connectivity index (χ1) is 22.4. The molecule has 0 unspecified atom stereocenters. The van der Waals surface area contributed by atoms with Gasteiger partial charge in [-0.25, -0.2) is 9.71 Å². The van der Waals surface area contributed by atoms with E-state index in [2.05, 4.69) is 61.7 Å². The first-order valence-electron chi connectivity index (χ1n) is 16.9.